The van der Waals surface area contributed by atoms with Crippen LogP contribution in [0.15, 0.2) is 59.5 Å². The number of carbonyl (C=O) groups is 1. The van der Waals surface area contributed by atoms with Gasteiger partial charge in [0.2, 0.25) is 0 Å². The van der Waals surface area contributed by atoms with Gasteiger partial charge in [-0.05, 0) is 25.1 Å². The molecular weight excluding hydrogens is 441 g/mol. The van der Waals surface area contributed by atoms with Crippen LogP contribution in [0.1, 0.15) is 22.2 Å². The molecule has 158 valence electrons. The molecule has 0 saturated carbocycles. The van der Waals surface area contributed by atoms with Crippen LogP contribution in [-0.4, -0.2) is 26.0 Å². The number of thiazole rings is 1. The van der Waals surface area contributed by atoms with E-state index in [1.165, 1.54) is 0 Å². The number of hydrogen-bond acceptors (Lipinski definition) is 6. The molecule has 11 heteroatoms. The molecule has 1 aromatic heterocycles. The lowest BCUT2D eigenvalue weighted by Crippen LogP contribution is -2.14. The first-order valence-corrected chi connectivity index (χ1v) is 10.8. The highest BCUT2D eigenvalue weighted by atomic mass is 32.2. The number of nitrogens with zero attached hydrogens (tertiary/aromatic N) is 1. The molecular formula is C19H15F3N2O4S2. The minimum Gasteiger partial charge on any atom is -0.462 e. The summed E-state index contributed by atoms with van der Waals surface area (Å²) >= 11 is 0.736. The summed E-state index contributed by atoms with van der Waals surface area (Å²) in [4.78, 5) is 16.0. The van der Waals surface area contributed by atoms with E-state index >= 15 is 0 Å². The zero-order chi connectivity index (χ0) is 21.9. The third-order valence-corrected chi connectivity index (χ3v) is 6.25. The monoisotopic (exact) mass is 456 g/mol. The molecule has 0 fully saturated rings. The van der Waals surface area contributed by atoms with Crippen molar-refractivity contribution in [2.24, 2.45) is 0 Å². The van der Waals surface area contributed by atoms with Crippen molar-refractivity contribution in [3.63, 3.8) is 0 Å². The van der Waals surface area contributed by atoms with E-state index in [-0.39, 0.29) is 22.3 Å². The lowest BCUT2D eigenvalue weighted by molar-refractivity contribution is -0.137. The van der Waals surface area contributed by atoms with Gasteiger partial charge in [-0.1, -0.05) is 47.7 Å². The van der Waals surface area contributed by atoms with Crippen LogP contribution < -0.4 is 4.72 Å². The smallest absolute Gasteiger partial charge is 0.416 e. The summed E-state index contributed by atoms with van der Waals surface area (Å²) in [5.41, 5.74) is -0.330. The number of esters is 1. The maximum absolute atomic E-state index is 12.9. The summed E-state index contributed by atoms with van der Waals surface area (Å²) in [5, 5.41) is -0.172. The Bertz CT molecular complexity index is 1160. The summed E-state index contributed by atoms with van der Waals surface area (Å²) in [6, 6.07) is 11.9. The number of hydrogen-bond donors (Lipinski definition) is 1. The molecule has 0 spiro atoms. The van der Waals surface area contributed by atoms with Crippen molar-refractivity contribution < 1.29 is 31.1 Å². The summed E-state index contributed by atoms with van der Waals surface area (Å²) in [5.74, 6) is -0.682. The van der Waals surface area contributed by atoms with Crippen molar-refractivity contribution in [1.29, 1.82) is 0 Å². The topological polar surface area (TPSA) is 85.4 Å². The minimum absolute atomic E-state index is 0.0739. The number of nitrogens with one attached hydrogen (secondary N) is 1. The Kier molecular flexibility index (Phi) is 6.13. The number of aromatic nitrogens is 1. The Morgan fingerprint density at radius 1 is 1.13 bits per heavy atom. The molecule has 0 aliphatic heterocycles. The lowest BCUT2D eigenvalue weighted by atomic mass is 10.1. The van der Waals surface area contributed by atoms with Crippen LogP contribution in [0.2, 0.25) is 0 Å². The van der Waals surface area contributed by atoms with Gasteiger partial charge >= 0.3 is 12.1 Å². The summed E-state index contributed by atoms with van der Waals surface area (Å²) in [6.45, 7) is 1.73. The molecule has 1 heterocycles. The molecule has 0 bridgehead atoms. The predicted molar refractivity (Wildman–Crippen MR) is 106 cm³/mol. The van der Waals surface area contributed by atoms with Crippen molar-refractivity contribution in [2.75, 3.05) is 11.3 Å². The second-order valence-electron chi connectivity index (χ2n) is 5.91. The minimum atomic E-state index is -4.69. The van der Waals surface area contributed by atoms with E-state index in [1.807, 2.05) is 0 Å². The summed E-state index contributed by atoms with van der Waals surface area (Å²) < 4.78 is 71.1. The Morgan fingerprint density at radius 2 is 1.83 bits per heavy atom. The van der Waals surface area contributed by atoms with E-state index in [0.29, 0.717) is 11.6 Å². The molecule has 0 amide bonds. The number of halogens is 3. The van der Waals surface area contributed by atoms with Crippen LogP contribution in [0.3, 0.4) is 0 Å². The molecule has 3 rings (SSSR count). The van der Waals surface area contributed by atoms with Crippen LogP contribution in [0.5, 0.6) is 0 Å². The van der Waals surface area contributed by atoms with E-state index in [0.717, 1.165) is 29.5 Å². The first-order chi connectivity index (χ1) is 14.1. The molecule has 0 unspecified atom stereocenters. The normalized spacial score (nSPS) is 11.9. The molecule has 1 N–H and O–H groups in total. The number of alkyl halides is 3. The highest BCUT2D eigenvalue weighted by molar-refractivity contribution is 7.93. The van der Waals surface area contributed by atoms with Gasteiger partial charge in [-0.3, -0.25) is 4.72 Å². The van der Waals surface area contributed by atoms with E-state index in [2.05, 4.69) is 9.71 Å². The van der Waals surface area contributed by atoms with E-state index < -0.39 is 32.6 Å². The fourth-order valence-corrected chi connectivity index (χ4v) is 4.67. The van der Waals surface area contributed by atoms with Crippen LogP contribution >= 0.6 is 11.3 Å². The highest BCUT2D eigenvalue weighted by Gasteiger charge is 2.32. The van der Waals surface area contributed by atoms with Gasteiger partial charge in [-0.2, -0.15) is 13.2 Å². The van der Waals surface area contributed by atoms with Crippen molar-refractivity contribution in [2.45, 2.75) is 18.0 Å². The number of sulfonamides is 1. The SMILES string of the molecule is CCOC(=O)c1sc(NS(=O)(=O)c2cccc(C(F)(F)F)c2)nc1-c1ccccc1. The van der Waals surface area contributed by atoms with Gasteiger partial charge in [-0.15, -0.1) is 0 Å². The van der Waals surface area contributed by atoms with Crippen LogP contribution in [0, 0.1) is 0 Å². The van der Waals surface area contributed by atoms with Crippen molar-refractivity contribution in [1.82, 2.24) is 4.98 Å². The number of anilines is 1. The second-order valence-corrected chi connectivity index (χ2v) is 8.60. The highest BCUT2D eigenvalue weighted by Crippen LogP contribution is 2.34. The standard InChI is InChI=1S/C19H15F3N2O4S2/c1-2-28-17(25)16-15(12-7-4-3-5-8-12)23-18(29-16)24-30(26,27)14-10-6-9-13(11-14)19(20,21)22/h3-11H,2H2,1H3,(H,23,24). The van der Waals surface area contributed by atoms with Crippen molar-refractivity contribution in [3.05, 3.63) is 65.0 Å². The molecule has 2 aromatic carbocycles. The third-order valence-electron chi connectivity index (χ3n) is 3.83. The van der Waals surface area contributed by atoms with E-state index in [1.54, 1.807) is 37.3 Å². The maximum Gasteiger partial charge on any atom is 0.416 e. The van der Waals surface area contributed by atoms with Gasteiger partial charge in [0.05, 0.1) is 22.8 Å². The van der Waals surface area contributed by atoms with Gasteiger partial charge in [0.25, 0.3) is 10.0 Å². The van der Waals surface area contributed by atoms with E-state index in [9.17, 15) is 26.4 Å². The molecule has 0 aliphatic carbocycles. The van der Waals surface area contributed by atoms with Gasteiger partial charge < -0.3 is 4.74 Å². The zero-order valence-corrected chi connectivity index (χ0v) is 17.1. The summed E-state index contributed by atoms with van der Waals surface area (Å²) in [6.07, 6.45) is -4.69. The second kappa shape index (κ2) is 8.44. The van der Waals surface area contributed by atoms with Crippen molar-refractivity contribution in [3.8, 4) is 11.3 Å². The van der Waals surface area contributed by atoms with Gasteiger partial charge in [0, 0.05) is 5.56 Å². The first kappa shape index (κ1) is 21.8. The average molecular weight is 456 g/mol. The van der Waals surface area contributed by atoms with Crippen LogP contribution in [0.25, 0.3) is 11.3 Å². The largest absolute Gasteiger partial charge is 0.462 e. The van der Waals surface area contributed by atoms with Gasteiger partial charge in [0.15, 0.2) is 5.13 Å². The molecule has 0 radical (unpaired) electrons. The molecule has 0 aliphatic rings. The molecule has 30 heavy (non-hydrogen) atoms. The lowest BCUT2D eigenvalue weighted by Gasteiger charge is -2.09. The molecule has 0 atom stereocenters. The number of carbonyl (C=O) groups excluding carboxylic acids is 1. The van der Waals surface area contributed by atoms with Crippen LogP contribution in [-0.2, 0) is 20.9 Å². The first-order valence-electron chi connectivity index (χ1n) is 8.55. The van der Waals surface area contributed by atoms with Gasteiger partial charge in [-0.25, -0.2) is 18.2 Å². The maximum atomic E-state index is 12.9. The van der Waals surface area contributed by atoms with E-state index in [4.69, 9.17) is 4.74 Å². The Labute approximate surface area is 174 Å². The van der Waals surface area contributed by atoms with Crippen LogP contribution in [0.4, 0.5) is 18.3 Å². The Morgan fingerprint density at radius 3 is 2.47 bits per heavy atom. The number of ether oxygens (including phenoxy) is 1. The fraction of sp³-hybridized carbons (Fsp3) is 0.158. The number of rotatable bonds is 6. The quantitative estimate of drug-likeness (QED) is 0.538. The fourth-order valence-electron chi connectivity index (χ4n) is 2.50. The molecule has 6 nitrogen and oxygen atoms in total. The Hall–Kier alpha value is -2.92. The number of benzene rings is 2. The zero-order valence-electron chi connectivity index (χ0n) is 15.4. The Balaban J connectivity index is 1.99. The predicted octanol–water partition coefficient (Wildman–Crippen LogP) is 4.81. The summed E-state index contributed by atoms with van der Waals surface area (Å²) in [7, 11) is -4.37. The third kappa shape index (κ3) is 4.79. The molecule has 0 saturated heterocycles. The van der Waals surface area contributed by atoms with Gasteiger partial charge in [0.1, 0.15) is 4.88 Å². The van der Waals surface area contributed by atoms with Crippen molar-refractivity contribution >= 4 is 32.5 Å². The average Bonchev–Trinajstić information content (AvgIpc) is 3.11. The molecule has 3 aromatic rings.